The lowest BCUT2D eigenvalue weighted by Gasteiger charge is -2.21. The summed E-state index contributed by atoms with van der Waals surface area (Å²) < 4.78 is 65.0. The van der Waals surface area contributed by atoms with Crippen LogP contribution in [0, 0.1) is 5.92 Å². The number of alkyl halides is 3. The zero-order valence-corrected chi connectivity index (χ0v) is 13.8. The second kappa shape index (κ2) is 6.89. The number of hydrogen-bond acceptors (Lipinski definition) is 4. The Bertz CT molecular complexity index is 756. The van der Waals surface area contributed by atoms with Crippen LogP contribution in [0.1, 0.15) is 19.4 Å². The molecule has 0 bridgehead atoms. The van der Waals surface area contributed by atoms with E-state index in [1.54, 1.807) is 0 Å². The van der Waals surface area contributed by atoms with E-state index in [2.05, 4.69) is 14.9 Å². The summed E-state index contributed by atoms with van der Waals surface area (Å²) in [5.74, 6) is -0.0692. The number of benzene rings is 1. The third kappa shape index (κ3) is 4.54. The molecular weight excluding hydrogens is 345 g/mol. The van der Waals surface area contributed by atoms with E-state index in [0.717, 1.165) is 24.3 Å². The predicted octanol–water partition coefficient (Wildman–Crippen LogP) is 2.30. The summed E-state index contributed by atoms with van der Waals surface area (Å²) in [4.78, 5) is 1.12. The Kier molecular flexibility index (Phi) is 5.29. The molecule has 1 heterocycles. The van der Waals surface area contributed by atoms with Gasteiger partial charge in [-0.2, -0.15) is 28.2 Å². The molecule has 0 saturated carbocycles. The molecule has 0 radical (unpaired) electrons. The quantitative estimate of drug-likeness (QED) is 0.855. The highest BCUT2D eigenvalue weighted by molar-refractivity contribution is 7.89. The van der Waals surface area contributed by atoms with E-state index in [1.165, 1.54) is 17.2 Å². The van der Waals surface area contributed by atoms with Crippen LogP contribution in [-0.2, 0) is 22.7 Å². The number of hydrogen-bond donors (Lipinski definition) is 1. The highest BCUT2D eigenvalue weighted by Gasteiger charge is 2.31. The Hall–Kier alpha value is -1.94. The maximum absolute atomic E-state index is 12.6. The lowest BCUT2D eigenvalue weighted by molar-refractivity contribution is -0.137. The topological polar surface area (TPSA) is 76.9 Å². The molecule has 1 atom stereocenters. The van der Waals surface area contributed by atoms with Crippen molar-refractivity contribution < 1.29 is 21.6 Å². The van der Waals surface area contributed by atoms with Crippen molar-refractivity contribution >= 4 is 10.0 Å². The molecule has 0 fully saturated rings. The highest BCUT2D eigenvalue weighted by Crippen LogP contribution is 2.29. The molecule has 1 aromatic carbocycles. The van der Waals surface area contributed by atoms with Gasteiger partial charge in [0.2, 0.25) is 10.0 Å². The molecule has 10 heteroatoms. The standard InChI is InChI=1S/C14H17F3N4O2S/c1-10(2)13(9-21-18-7-8-19-21)20-24(22,23)12-5-3-11(4-6-12)14(15,16)17/h3-8,10,13,20H,9H2,1-2H3. The fourth-order valence-electron chi connectivity index (χ4n) is 1.99. The zero-order chi connectivity index (χ0) is 18.0. The SMILES string of the molecule is CC(C)C(Cn1nccn1)NS(=O)(=O)c1ccc(C(F)(F)F)cc1. The molecule has 2 rings (SSSR count). The van der Waals surface area contributed by atoms with E-state index in [-0.39, 0.29) is 17.4 Å². The summed E-state index contributed by atoms with van der Waals surface area (Å²) in [6, 6.07) is 2.86. The van der Waals surface area contributed by atoms with E-state index in [4.69, 9.17) is 0 Å². The first-order valence-electron chi connectivity index (χ1n) is 7.13. The first-order valence-corrected chi connectivity index (χ1v) is 8.61. The Balaban J connectivity index is 2.19. The Morgan fingerprint density at radius 1 is 1.12 bits per heavy atom. The normalized spacial score (nSPS) is 14.1. The molecule has 2 aromatic rings. The van der Waals surface area contributed by atoms with Gasteiger partial charge >= 0.3 is 6.18 Å². The molecule has 1 N–H and O–H groups in total. The van der Waals surface area contributed by atoms with Gasteiger partial charge in [-0.3, -0.25) is 0 Å². The molecule has 24 heavy (non-hydrogen) atoms. The van der Waals surface area contributed by atoms with Crippen LogP contribution in [-0.4, -0.2) is 29.5 Å². The molecular formula is C14H17F3N4O2S. The summed E-state index contributed by atoms with van der Waals surface area (Å²) in [5.41, 5.74) is -0.900. The van der Waals surface area contributed by atoms with Crippen molar-refractivity contribution in [2.75, 3.05) is 0 Å². The molecule has 132 valence electrons. The monoisotopic (exact) mass is 362 g/mol. The van der Waals surface area contributed by atoms with Crippen molar-refractivity contribution in [2.45, 2.75) is 37.5 Å². The summed E-state index contributed by atoms with van der Waals surface area (Å²) in [7, 11) is -3.96. The van der Waals surface area contributed by atoms with Gasteiger partial charge in [0, 0.05) is 6.04 Å². The van der Waals surface area contributed by atoms with E-state index in [0.29, 0.717) is 0 Å². The minimum atomic E-state index is -4.51. The van der Waals surface area contributed by atoms with Gasteiger partial charge in [-0.1, -0.05) is 13.8 Å². The van der Waals surface area contributed by atoms with Crippen LogP contribution in [0.2, 0.25) is 0 Å². The van der Waals surface area contributed by atoms with Crippen LogP contribution in [0.3, 0.4) is 0 Å². The molecule has 6 nitrogen and oxygen atoms in total. The zero-order valence-electron chi connectivity index (χ0n) is 13.0. The Morgan fingerprint density at radius 2 is 1.67 bits per heavy atom. The van der Waals surface area contributed by atoms with E-state index in [9.17, 15) is 21.6 Å². The van der Waals surface area contributed by atoms with Gasteiger partial charge in [-0.15, -0.1) is 0 Å². The van der Waals surface area contributed by atoms with Crippen LogP contribution in [0.25, 0.3) is 0 Å². The van der Waals surface area contributed by atoms with Crippen LogP contribution in [0.15, 0.2) is 41.6 Å². The van der Waals surface area contributed by atoms with Gasteiger partial charge in [-0.25, -0.2) is 13.1 Å². The van der Waals surface area contributed by atoms with Crippen molar-refractivity contribution in [3.05, 3.63) is 42.2 Å². The maximum Gasteiger partial charge on any atom is 0.416 e. The van der Waals surface area contributed by atoms with Crippen molar-refractivity contribution in [3.8, 4) is 0 Å². The highest BCUT2D eigenvalue weighted by atomic mass is 32.2. The fourth-order valence-corrected chi connectivity index (χ4v) is 3.36. The lowest BCUT2D eigenvalue weighted by atomic mass is 10.1. The largest absolute Gasteiger partial charge is 0.416 e. The van der Waals surface area contributed by atoms with Gasteiger partial charge in [0.1, 0.15) is 0 Å². The third-order valence-electron chi connectivity index (χ3n) is 3.43. The van der Waals surface area contributed by atoms with Crippen LogP contribution in [0.5, 0.6) is 0 Å². The van der Waals surface area contributed by atoms with Crippen molar-refractivity contribution in [1.29, 1.82) is 0 Å². The molecule has 0 amide bonds. The molecule has 0 aliphatic rings. The van der Waals surface area contributed by atoms with Gasteiger partial charge in [0.05, 0.1) is 29.4 Å². The first-order chi connectivity index (χ1) is 11.1. The van der Waals surface area contributed by atoms with Crippen molar-refractivity contribution in [1.82, 2.24) is 19.7 Å². The smallest absolute Gasteiger partial charge is 0.207 e. The number of halogens is 3. The number of aromatic nitrogens is 3. The number of nitrogens with zero attached hydrogens (tertiary/aromatic N) is 3. The summed E-state index contributed by atoms with van der Waals surface area (Å²) in [6.45, 7) is 3.86. The summed E-state index contributed by atoms with van der Waals surface area (Å²) in [5, 5.41) is 7.85. The number of rotatable bonds is 6. The molecule has 0 aliphatic carbocycles. The van der Waals surface area contributed by atoms with Gasteiger partial charge in [-0.05, 0) is 30.2 Å². The third-order valence-corrected chi connectivity index (χ3v) is 4.94. The average Bonchev–Trinajstić information content (AvgIpc) is 2.98. The predicted molar refractivity (Wildman–Crippen MR) is 80.4 cm³/mol. The second-order valence-electron chi connectivity index (χ2n) is 5.58. The molecule has 0 aliphatic heterocycles. The van der Waals surface area contributed by atoms with Gasteiger partial charge in [0.15, 0.2) is 0 Å². The molecule has 0 saturated heterocycles. The molecule has 1 aromatic heterocycles. The van der Waals surface area contributed by atoms with E-state index >= 15 is 0 Å². The van der Waals surface area contributed by atoms with Gasteiger partial charge in [0.25, 0.3) is 0 Å². The second-order valence-corrected chi connectivity index (χ2v) is 7.29. The first kappa shape index (κ1) is 18.4. The summed E-state index contributed by atoms with van der Waals surface area (Å²) >= 11 is 0. The lowest BCUT2D eigenvalue weighted by Crippen LogP contribution is -2.41. The van der Waals surface area contributed by atoms with Crippen LogP contribution in [0.4, 0.5) is 13.2 Å². The van der Waals surface area contributed by atoms with Crippen molar-refractivity contribution in [2.24, 2.45) is 5.92 Å². The van der Waals surface area contributed by atoms with Crippen molar-refractivity contribution in [3.63, 3.8) is 0 Å². The summed E-state index contributed by atoms with van der Waals surface area (Å²) in [6.07, 6.45) is -1.56. The Morgan fingerprint density at radius 3 is 2.12 bits per heavy atom. The van der Waals surface area contributed by atoms with E-state index in [1.807, 2.05) is 13.8 Å². The molecule has 0 spiro atoms. The number of sulfonamides is 1. The number of nitrogens with one attached hydrogen (secondary N) is 1. The van der Waals surface area contributed by atoms with E-state index < -0.39 is 27.8 Å². The molecule has 1 unspecified atom stereocenters. The van der Waals surface area contributed by atoms with Crippen LogP contribution >= 0.6 is 0 Å². The van der Waals surface area contributed by atoms with Gasteiger partial charge < -0.3 is 0 Å². The minimum absolute atomic E-state index is 0.0692. The Labute approximate surface area is 137 Å². The maximum atomic E-state index is 12.6. The fraction of sp³-hybridized carbons (Fsp3) is 0.429. The average molecular weight is 362 g/mol. The minimum Gasteiger partial charge on any atom is -0.207 e. The van der Waals surface area contributed by atoms with Crippen LogP contribution < -0.4 is 4.72 Å².